The van der Waals surface area contributed by atoms with E-state index in [2.05, 4.69) is 60.8 Å². The highest BCUT2D eigenvalue weighted by Crippen LogP contribution is 2.33. The summed E-state index contributed by atoms with van der Waals surface area (Å²) in [5.74, 6) is 1.67. The van der Waals surface area contributed by atoms with Gasteiger partial charge >= 0.3 is 0 Å². The largest absolute Gasteiger partial charge is 0.497 e. The first-order valence-electron chi connectivity index (χ1n) is 8.71. The minimum Gasteiger partial charge on any atom is -0.497 e. The van der Waals surface area contributed by atoms with E-state index >= 15 is 0 Å². The molecule has 1 aliphatic rings. The van der Waals surface area contributed by atoms with Crippen molar-refractivity contribution in [3.05, 3.63) is 65.7 Å². The van der Waals surface area contributed by atoms with Crippen LogP contribution < -0.4 is 10.1 Å². The Morgan fingerprint density at radius 1 is 0.957 bits per heavy atom. The highest BCUT2D eigenvalue weighted by molar-refractivity contribution is 5.30. The summed E-state index contributed by atoms with van der Waals surface area (Å²) in [6.45, 7) is 2.25. The second kappa shape index (κ2) is 7.65. The molecule has 23 heavy (non-hydrogen) atoms. The van der Waals surface area contributed by atoms with Crippen LogP contribution in [0, 0.1) is 0 Å². The lowest BCUT2D eigenvalue weighted by Crippen LogP contribution is -2.34. The lowest BCUT2D eigenvalue weighted by molar-refractivity contribution is 0.321. The number of nitrogens with one attached hydrogen (secondary N) is 1. The maximum Gasteiger partial charge on any atom is 0.119 e. The monoisotopic (exact) mass is 309 g/mol. The molecule has 0 radical (unpaired) electrons. The summed E-state index contributed by atoms with van der Waals surface area (Å²) in [6, 6.07) is 20.3. The first-order chi connectivity index (χ1) is 11.3. The van der Waals surface area contributed by atoms with Crippen molar-refractivity contribution in [3.8, 4) is 5.75 Å². The summed E-state index contributed by atoms with van der Waals surface area (Å²) in [5.41, 5.74) is 2.81. The molecular formula is C21H27NO. The number of ether oxygens (including phenoxy) is 1. The van der Waals surface area contributed by atoms with E-state index in [0.29, 0.717) is 12.1 Å². The zero-order valence-electron chi connectivity index (χ0n) is 14.2. The van der Waals surface area contributed by atoms with Crippen molar-refractivity contribution in [1.29, 1.82) is 0 Å². The second-order valence-corrected chi connectivity index (χ2v) is 6.62. The highest BCUT2D eigenvalue weighted by atomic mass is 16.5. The number of rotatable bonds is 5. The molecule has 2 heteroatoms. The Hall–Kier alpha value is -1.80. The lowest BCUT2D eigenvalue weighted by atomic mass is 9.81. The van der Waals surface area contributed by atoms with Gasteiger partial charge in [-0.15, -0.1) is 0 Å². The predicted molar refractivity (Wildman–Crippen MR) is 96.0 cm³/mol. The molecule has 2 nitrogen and oxygen atoms in total. The maximum absolute atomic E-state index is 5.33. The normalized spacial score (nSPS) is 22.5. The third-order valence-electron chi connectivity index (χ3n) is 5.08. The number of benzene rings is 2. The van der Waals surface area contributed by atoms with Crippen LogP contribution >= 0.6 is 0 Å². The van der Waals surface area contributed by atoms with Gasteiger partial charge in [-0.2, -0.15) is 0 Å². The summed E-state index contributed by atoms with van der Waals surface area (Å²) in [7, 11) is 1.72. The van der Waals surface area contributed by atoms with Crippen LogP contribution in [0.4, 0.5) is 0 Å². The van der Waals surface area contributed by atoms with Gasteiger partial charge in [0.05, 0.1) is 7.11 Å². The van der Waals surface area contributed by atoms with Crippen LogP contribution in [0.1, 0.15) is 55.7 Å². The molecule has 2 aromatic rings. The van der Waals surface area contributed by atoms with Crippen molar-refractivity contribution < 1.29 is 4.74 Å². The average molecular weight is 309 g/mol. The molecule has 1 atom stereocenters. The van der Waals surface area contributed by atoms with Crippen LogP contribution in [0.25, 0.3) is 0 Å². The lowest BCUT2D eigenvalue weighted by Gasteiger charge is -2.31. The molecule has 0 bridgehead atoms. The van der Waals surface area contributed by atoms with Gasteiger partial charge < -0.3 is 10.1 Å². The van der Waals surface area contributed by atoms with Gasteiger partial charge in [0.15, 0.2) is 0 Å². The Bertz CT molecular complexity index is 602. The number of methoxy groups -OCH3 is 1. The van der Waals surface area contributed by atoms with Crippen LogP contribution in [0.5, 0.6) is 5.75 Å². The van der Waals surface area contributed by atoms with Crippen molar-refractivity contribution in [2.24, 2.45) is 0 Å². The van der Waals surface area contributed by atoms with Gasteiger partial charge in [-0.3, -0.25) is 0 Å². The first kappa shape index (κ1) is 16.1. The molecule has 0 amide bonds. The van der Waals surface area contributed by atoms with Gasteiger partial charge in [0, 0.05) is 12.1 Å². The van der Waals surface area contributed by atoms with Gasteiger partial charge in [0.25, 0.3) is 0 Å². The quantitative estimate of drug-likeness (QED) is 0.832. The van der Waals surface area contributed by atoms with E-state index in [1.807, 2.05) is 6.07 Å². The van der Waals surface area contributed by atoms with Crippen molar-refractivity contribution >= 4 is 0 Å². The summed E-state index contributed by atoms with van der Waals surface area (Å²) in [4.78, 5) is 0. The fourth-order valence-corrected chi connectivity index (χ4v) is 3.68. The third-order valence-corrected chi connectivity index (χ3v) is 5.08. The Morgan fingerprint density at radius 2 is 1.70 bits per heavy atom. The molecule has 0 unspecified atom stereocenters. The van der Waals surface area contributed by atoms with Gasteiger partial charge in [0.2, 0.25) is 0 Å². The predicted octanol–water partition coefficient (Wildman–Crippen LogP) is 5.07. The summed E-state index contributed by atoms with van der Waals surface area (Å²) in [5, 5.41) is 3.80. The molecule has 0 saturated heterocycles. The van der Waals surface area contributed by atoms with Crippen LogP contribution in [0.3, 0.4) is 0 Å². The van der Waals surface area contributed by atoms with Gasteiger partial charge in [0.1, 0.15) is 5.75 Å². The fourth-order valence-electron chi connectivity index (χ4n) is 3.68. The fraction of sp³-hybridized carbons (Fsp3) is 0.429. The van der Waals surface area contributed by atoms with E-state index in [1.54, 1.807) is 7.11 Å². The van der Waals surface area contributed by atoms with E-state index in [9.17, 15) is 0 Å². The molecule has 1 N–H and O–H groups in total. The zero-order chi connectivity index (χ0) is 16.1. The number of hydrogen-bond acceptors (Lipinski definition) is 2. The molecular weight excluding hydrogens is 282 g/mol. The zero-order valence-corrected chi connectivity index (χ0v) is 14.2. The Balaban J connectivity index is 1.54. The van der Waals surface area contributed by atoms with Gasteiger partial charge in [-0.05, 0) is 61.8 Å². The molecule has 1 fully saturated rings. The van der Waals surface area contributed by atoms with E-state index in [4.69, 9.17) is 4.74 Å². The third kappa shape index (κ3) is 4.14. The second-order valence-electron chi connectivity index (χ2n) is 6.62. The summed E-state index contributed by atoms with van der Waals surface area (Å²) in [6.07, 6.45) is 5.08. The molecule has 1 saturated carbocycles. The average Bonchev–Trinajstić information content (AvgIpc) is 2.63. The molecule has 2 aromatic carbocycles. The van der Waals surface area contributed by atoms with Gasteiger partial charge in [-0.25, -0.2) is 0 Å². The van der Waals surface area contributed by atoms with Gasteiger partial charge in [-0.1, -0.05) is 42.5 Å². The van der Waals surface area contributed by atoms with Crippen molar-refractivity contribution in [3.63, 3.8) is 0 Å². The van der Waals surface area contributed by atoms with Crippen molar-refractivity contribution in [1.82, 2.24) is 5.32 Å². The van der Waals surface area contributed by atoms with Crippen molar-refractivity contribution in [2.75, 3.05) is 7.11 Å². The Kier molecular flexibility index (Phi) is 5.35. The van der Waals surface area contributed by atoms with Crippen LogP contribution in [0.15, 0.2) is 54.6 Å². The topological polar surface area (TPSA) is 21.3 Å². The van der Waals surface area contributed by atoms with E-state index < -0.39 is 0 Å². The molecule has 3 rings (SSSR count). The van der Waals surface area contributed by atoms with E-state index in [0.717, 1.165) is 11.7 Å². The number of hydrogen-bond donors (Lipinski definition) is 1. The summed E-state index contributed by atoms with van der Waals surface area (Å²) >= 11 is 0. The smallest absolute Gasteiger partial charge is 0.119 e. The Labute approximate surface area is 139 Å². The highest BCUT2D eigenvalue weighted by Gasteiger charge is 2.23. The SMILES string of the molecule is COc1cccc([C@H](C)NC2CCC(c3ccccc3)CC2)c1. The van der Waals surface area contributed by atoms with Crippen LogP contribution in [-0.4, -0.2) is 13.2 Å². The van der Waals surface area contributed by atoms with Crippen molar-refractivity contribution in [2.45, 2.75) is 50.6 Å². The molecule has 0 spiro atoms. The minimum atomic E-state index is 0.364. The van der Waals surface area contributed by atoms with E-state index in [1.165, 1.54) is 36.8 Å². The molecule has 0 aromatic heterocycles. The van der Waals surface area contributed by atoms with Crippen LogP contribution in [0.2, 0.25) is 0 Å². The minimum absolute atomic E-state index is 0.364. The van der Waals surface area contributed by atoms with E-state index in [-0.39, 0.29) is 0 Å². The standard InChI is InChI=1S/C21H27NO/c1-16(19-9-6-10-21(15-19)23-2)22-20-13-11-18(12-14-20)17-7-4-3-5-8-17/h3-10,15-16,18,20,22H,11-14H2,1-2H3/t16-,18?,20?/m0/s1. The van der Waals surface area contributed by atoms with Crippen LogP contribution in [-0.2, 0) is 0 Å². The molecule has 122 valence electrons. The molecule has 0 aliphatic heterocycles. The molecule has 0 heterocycles. The summed E-state index contributed by atoms with van der Waals surface area (Å²) < 4.78 is 5.33. The maximum atomic E-state index is 5.33. The molecule has 1 aliphatic carbocycles. The first-order valence-corrected chi connectivity index (χ1v) is 8.71. The Morgan fingerprint density at radius 3 is 2.39 bits per heavy atom.